The SMILES string of the molecule is COCCN1CCN(c2ccc(C3CC(c4nc5ncc(Br)c(N)c5[nH]4)CCN3C)c(F)c2)CC1. The number of nitrogens with one attached hydrogen (secondary N) is 1. The molecular formula is C25H33BrFN7O. The molecular weight excluding hydrogens is 513 g/mol. The fourth-order valence-electron chi connectivity index (χ4n) is 5.29. The number of hydrogen-bond acceptors (Lipinski definition) is 7. The van der Waals surface area contributed by atoms with Crippen LogP contribution in [0, 0.1) is 5.82 Å². The number of nitrogens with zero attached hydrogens (tertiary/aromatic N) is 5. The van der Waals surface area contributed by atoms with Crippen molar-refractivity contribution in [3.63, 3.8) is 0 Å². The zero-order valence-electron chi connectivity index (χ0n) is 20.3. The summed E-state index contributed by atoms with van der Waals surface area (Å²) in [5.74, 6) is 0.919. The second-order valence-corrected chi connectivity index (χ2v) is 10.4. The maximum Gasteiger partial charge on any atom is 0.179 e. The fourth-order valence-corrected chi connectivity index (χ4v) is 5.59. The van der Waals surface area contributed by atoms with Crippen LogP contribution in [0.5, 0.6) is 0 Å². The van der Waals surface area contributed by atoms with Gasteiger partial charge in [-0.15, -0.1) is 0 Å². The normalized spacial score (nSPS) is 22.2. The summed E-state index contributed by atoms with van der Waals surface area (Å²) in [7, 11) is 3.80. The maximum atomic E-state index is 15.5. The van der Waals surface area contributed by atoms with E-state index in [1.165, 1.54) is 0 Å². The zero-order chi connectivity index (χ0) is 24.5. The first-order valence-electron chi connectivity index (χ1n) is 12.2. The van der Waals surface area contributed by atoms with Crippen molar-refractivity contribution in [2.75, 3.05) is 70.7 Å². The standard InChI is InChI=1S/C25H33BrFN7O/c1-32-6-5-16(24-30-23-22(28)19(26)15-29-25(23)31-24)13-21(32)18-4-3-17(14-20(18)27)34-9-7-33(8-10-34)11-12-35-2/h3-4,14-16,21H,5-13H2,1-2H3,(H3,28,29,30,31). The van der Waals surface area contributed by atoms with Crippen molar-refractivity contribution < 1.29 is 9.13 Å². The molecule has 8 nitrogen and oxygen atoms in total. The zero-order valence-corrected chi connectivity index (χ0v) is 21.9. The number of halogens is 2. The van der Waals surface area contributed by atoms with Crippen LogP contribution >= 0.6 is 15.9 Å². The number of anilines is 2. The molecule has 2 fully saturated rings. The van der Waals surface area contributed by atoms with Gasteiger partial charge in [0.05, 0.1) is 16.8 Å². The van der Waals surface area contributed by atoms with Crippen molar-refractivity contribution in [3.05, 3.63) is 46.1 Å². The Bertz CT molecular complexity index is 1180. The number of nitrogen functional groups attached to an aromatic ring is 1. The Labute approximate surface area is 213 Å². The van der Waals surface area contributed by atoms with Crippen LogP contribution in [0.4, 0.5) is 15.8 Å². The first-order chi connectivity index (χ1) is 16.9. The highest BCUT2D eigenvalue weighted by molar-refractivity contribution is 9.10. The van der Waals surface area contributed by atoms with Crippen molar-refractivity contribution >= 4 is 38.5 Å². The molecule has 2 aromatic heterocycles. The number of nitrogens with two attached hydrogens (primary N) is 1. The van der Waals surface area contributed by atoms with Crippen molar-refractivity contribution in [1.82, 2.24) is 24.8 Å². The molecule has 3 N–H and O–H groups in total. The number of ether oxygens (including phenoxy) is 1. The van der Waals surface area contributed by atoms with Crippen molar-refractivity contribution in [1.29, 1.82) is 0 Å². The Hall–Kier alpha value is -2.27. The number of aromatic amines is 1. The summed E-state index contributed by atoms with van der Waals surface area (Å²) in [4.78, 5) is 19.4. The molecule has 10 heteroatoms. The Balaban J connectivity index is 1.31. The third-order valence-corrected chi connectivity index (χ3v) is 8.11. The molecule has 2 unspecified atom stereocenters. The average molecular weight is 546 g/mol. The molecule has 0 saturated carbocycles. The molecule has 2 atom stereocenters. The van der Waals surface area contributed by atoms with Gasteiger partial charge in [0.1, 0.15) is 17.2 Å². The lowest BCUT2D eigenvalue weighted by atomic mass is 9.86. The van der Waals surface area contributed by atoms with E-state index in [-0.39, 0.29) is 17.8 Å². The summed E-state index contributed by atoms with van der Waals surface area (Å²) in [5, 5.41) is 0. The molecule has 1 aromatic carbocycles. The molecule has 0 amide bonds. The van der Waals surface area contributed by atoms with Gasteiger partial charge in [-0.2, -0.15) is 0 Å². The Morgan fingerprint density at radius 1 is 1.23 bits per heavy atom. The number of aromatic nitrogens is 3. The van der Waals surface area contributed by atoms with Gasteiger partial charge in [0.15, 0.2) is 5.65 Å². The molecule has 0 radical (unpaired) electrons. The Morgan fingerprint density at radius 2 is 2.03 bits per heavy atom. The Morgan fingerprint density at radius 3 is 2.77 bits per heavy atom. The second kappa shape index (κ2) is 10.4. The predicted octanol–water partition coefficient (Wildman–Crippen LogP) is 3.76. The van der Waals surface area contributed by atoms with Gasteiger partial charge < -0.3 is 20.4 Å². The van der Waals surface area contributed by atoms with E-state index in [1.807, 2.05) is 6.07 Å². The van der Waals surface area contributed by atoms with Crippen LogP contribution < -0.4 is 10.6 Å². The van der Waals surface area contributed by atoms with Gasteiger partial charge >= 0.3 is 0 Å². The molecule has 4 heterocycles. The van der Waals surface area contributed by atoms with Crippen LogP contribution in [-0.4, -0.2) is 84.8 Å². The maximum absolute atomic E-state index is 15.5. The molecule has 2 saturated heterocycles. The predicted molar refractivity (Wildman–Crippen MR) is 140 cm³/mol. The number of hydrogen-bond donors (Lipinski definition) is 2. The minimum Gasteiger partial charge on any atom is -0.396 e. The van der Waals surface area contributed by atoms with Crippen LogP contribution in [0.2, 0.25) is 0 Å². The van der Waals surface area contributed by atoms with Crippen LogP contribution in [0.1, 0.15) is 36.2 Å². The topological polar surface area (TPSA) is 86.5 Å². The van der Waals surface area contributed by atoms with E-state index in [1.54, 1.807) is 19.4 Å². The summed E-state index contributed by atoms with van der Waals surface area (Å²) in [6.07, 6.45) is 3.41. The molecule has 5 rings (SSSR count). The van der Waals surface area contributed by atoms with Gasteiger partial charge in [-0.1, -0.05) is 6.07 Å². The largest absolute Gasteiger partial charge is 0.396 e. The molecule has 0 aliphatic carbocycles. The van der Waals surface area contributed by atoms with E-state index in [2.05, 4.69) is 53.7 Å². The quantitative estimate of drug-likeness (QED) is 0.487. The molecule has 0 spiro atoms. The number of piperazine rings is 1. The van der Waals surface area contributed by atoms with E-state index in [0.717, 1.165) is 85.8 Å². The summed E-state index contributed by atoms with van der Waals surface area (Å²) < 4.78 is 21.4. The molecule has 35 heavy (non-hydrogen) atoms. The van der Waals surface area contributed by atoms with Crippen LogP contribution in [-0.2, 0) is 4.74 Å². The third kappa shape index (κ3) is 5.02. The first kappa shape index (κ1) is 24.4. The number of benzene rings is 1. The van der Waals surface area contributed by atoms with E-state index < -0.39 is 0 Å². The number of likely N-dealkylation sites (tertiary alicyclic amines) is 1. The number of imidazole rings is 1. The van der Waals surface area contributed by atoms with Gasteiger partial charge in [0.25, 0.3) is 0 Å². The molecule has 2 aliphatic rings. The van der Waals surface area contributed by atoms with E-state index in [9.17, 15) is 0 Å². The van der Waals surface area contributed by atoms with Crippen LogP contribution in [0.3, 0.4) is 0 Å². The lowest BCUT2D eigenvalue weighted by molar-refractivity contribution is 0.144. The second-order valence-electron chi connectivity index (χ2n) is 9.59. The number of methoxy groups -OCH3 is 1. The number of pyridine rings is 1. The lowest BCUT2D eigenvalue weighted by Crippen LogP contribution is -2.47. The average Bonchev–Trinajstić information content (AvgIpc) is 3.31. The van der Waals surface area contributed by atoms with E-state index in [0.29, 0.717) is 11.3 Å². The minimum atomic E-state index is -0.138. The summed E-state index contributed by atoms with van der Waals surface area (Å²) >= 11 is 3.43. The number of piperidine rings is 1. The van der Waals surface area contributed by atoms with Gasteiger partial charge in [-0.05, 0) is 54.5 Å². The number of fused-ring (bicyclic) bond motifs is 1. The highest BCUT2D eigenvalue weighted by atomic mass is 79.9. The van der Waals surface area contributed by atoms with E-state index in [4.69, 9.17) is 15.5 Å². The van der Waals surface area contributed by atoms with Gasteiger partial charge in [0, 0.05) is 69.2 Å². The number of rotatable bonds is 6. The monoisotopic (exact) mass is 545 g/mol. The third-order valence-electron chi connectivity index (χ3n) is 7.48. The number of H-pyrrole nitrogens is 1. The Kier molecular flexibility index (Phi) is 7.24. The van der Waals surface area contributed by atoms with Gasteiger partial charge in [-0.25, -0.2) is 14.4 Å². The van der Waals surface area contributed by atoms with E-state index >= 15 is 4.39 Å². The highest BCUT2D eigenvalue weighted by Crippen LogP contribution is 2.40. The molecule has 188 valence electrons. The van der Waals surface area contributed by atoms with Gasteiger partial charge in [-0.3, -0.25) is 9.80 Å². The fraction of sp³-hybridized carbons (Fsp3) is 0.520. The summed E-state index contributed by atoms with van der Waals surface area (Å²) in [5.41, 5.74) is 9.88. The molecule has 2 aliphatic heterocycles. The summed E-state index contributed by atoms with van der Waals surface area (Å²) in [6, 6.07) is 5.74. The molecule has 0 bridgehead atoms. The van der Waals surface area contributed by atoms with Crippen molar-refractivity contribution in [2.45, 2.75) is 24.8 Å². The molecule has 3 aromatic rings. The van der Waals surface area contributed by atoms with Crippen molar-refractivity contribution in [2.24, 2.45) is 0 Å². The lowest BCUT2D eigenvalue weighted by Gasteiger charge is -2.38. The first-order valence-corrected chi connectivity index (χ1v) is 13.0. The summed E-state index contributed by atoms with van der Waals surface area (Å²) in [6.45, 7) is 6.28. The van der Waals surface area contributed by atoms with Gasteiger partial charge in [0.2, 0.25) is 0 Å². The smallest absolute Gasteiger partial charge is 0.179 e. The van der Waals surface area contributed by atoms with Crippen LogP contribution in [0.15, 0.2) is 28.9 Å². The minimum absolute atomic E-state index is 0.0149. The highest BCUT2D eigenvalue weighted by Gasteiger charge is 2.32. The van der Waals surface area contributed by atoms with Crippen LogP contribution in [0.25, 0.3) is 11.2 Å². The van der Waals surface area contributed by atoms with Crippen molar-refractivity contribution in [3.8, 4) is 0 Å².